The summed E-state index contributed by atoms with van der Waals surface area (Å²) in [6.45, 7) is 16.2. The Morgan fingerprint density at radius 1 is 1.32 bits per heavy atom. The van der Waals surface area contributed by atoms with E-state index in [9.17, 15) is 4.79 Å². The summed E-state index contributed by atoms with van der Waals surface area (Å²) in [5, 5.41) is 0. The van der Waals surface area contributed by atoms with Gasteiger partial charge in [-0.1, -0.05) is 30.0 Å². The molecule has 3 aliphatic rings. The van der Waals surface area contributed by atoms with Crippen LogP contribution >= 0.6 is 0 Å². The zero-order chi connectivity index (χ0) is 22.5. The summed E-state index contributed by atoms with van der Waals surface area (Å²) in [4.78, 5) is 14.2. The van der Waals surface area contributed by atoms with Gasteiger partial charge in [-0.25, -0.2) is 0 Å². The van der Waals surface area contributed by atoms with Crippen molar-refractivity contribution in [2.45, 2.75) is 64.3 Å². The van der Waals surface area contributed by atoms with Crippen molar-refractivity contribution in [2.24, 2.45) is 5.92 Å². The molecule has 4 nitrogen and oxygen atoms in total. The molecule has 5 heteroatoms. The molecule has 0 aliphatic carbocycles. The molecule has 0 spiro atoms. The number of carbonyl (C=O) groups is 1. The normalized spacial score (nSPS) is 24.9. The van der Waals surface area contributed by atoms with Crippen LogP contribution in [0.15, 0.2) is 30.9 Å². The Kier molecular flexibility index (Phi) is 7.80. The largest absolute Gasteiger partial charge is 0.466 e. The number of aryl methyl sites for hydroxylation is 1. The van der Waals surface area contributed by atoms with Gasteiger partial charge in [0.2, 0.25) is 0 Å². The van der Waals surface area contributed by atoms with Gasteiger partial charge in [-0.15, -0.1) is 6.58 Å². The minimum absolute atomic E-state index is 0.149. The van der Waals surface area contributed by atoms with E-state index in [4.69, 9.17) is 9.16 Å². The molecule has 0 radical (unpaired) electrons. The van der Waals surface area contributed by atoms with Crippen LogP contribution in [-0.2, 0) is 26.8 Å². The molecule has 3 saturated heterocycles. The number of hydrogen-bond acceptors (Lipinski definition) is 4. The lowest BCUT2D eigenvalue weighted by Crippen LogP contribution is -2.62. The van der Waals surface area contributed by atoms with E-state index in [1.165, 1.54) is 25.9 Å². The average Bonchev–Trinajstić information content (AvgIpc) is 2.71. The monoisotopic (exact) mass is 439 g/mol. The van der Waals surface area contributed by atoms with Crippen LogP contribution in [0, 0.1) is 17.8 Å². The summed E-state index contributed by atoms with van der Waals surface area (Å²) in [7, 11) is -1.75. The standard InChI is InChI=1S/C26H37NO3Si/c1-6-8-23-19-21(10-12-25(28)29-7-2)9-11-22(23)13-16-26(30-31(3,4)5)20-27-17-14-24(26)15-18-27/h6,9,11,19,24H,1,7-8,10,12,14-15,17-18,20H2,2-5H3. The average molecular weight is 440 g/mol. The van der Waals surface area contributed by atoms with Gasteiger partial charge in [-0.2, -0.15) is 0 Å². The number of esters is 1. The van der Waals surface area contributed by atoms with Crippen LogP contribution in [0.4, 0.5) is 0 Å². The number of allylic oxidation sites excluding steroid dienone is 1. The van der Waals surface area contributed by atoms with Crippen molar-refractivity contribution < 1.29 is 14.0 Å². The second-order valence-corrected chi connectivity index (χ2v) is 14.1. The minimum Gasteiger partial charge on any atom is -0.466 e. The molecule has 2 bridgehead atoms. The maximum atomic E-state index is 11.7. The molecule has 3 aliphatic heterocycles. The highest BCUT2D eigenvalue weighted by atomic mass is 28.4. The fourth-order valence-corrected chi connectivity index (χ4v) is 6.12. The van der Waals surface area contributed by atoms with Crippen LogP contribution in [-0.4, -0.2) is 51.0 Å². The van der Waals surface area contributed by atoms with E-state index in [1.807, 2.05) is 13.0 Å². The molecular formula is C26H37NO3Si. The first-order valence-corrected chi connectivity index (χ1v) is 15.0. The summed E-state index contributed by atoms with van der Waals surface area (Å²) < 4.78 is 11.8. The van der Waals surface area contributed by atoms with Crippen molar-refractivity contribution in [3.8, 4) is 11.8 Å². The molecule has 0 amide bonds. The number of piperidine rings is 3. The van der Waals surface area contributed by atoms with Crippen molar-refractivity contribution in [1.29, 1.82) is 0 Å². The predicted octanol–water partition coefficient (Wildman–Crippen LogP) is 4.58. The van der Waals surface area contributed by atoms with E-state index in [2.05, 4.69) is 61.2 Å². The van der Waals surface area contributed by atoms with E-state index in [0.717, 1.165) is 29.7 Å². The lowest BCUT2D eigenvalue weighted by Gasteiger charge is -2.52. The predicted molar refractivity (Wildman–Crippen MR) is 129 cm³/mol. The summed E-state index contributed by atoms with van der Waals surface area (Å²) in [6, 6.07) is 6.34. The number of carbonyl (C=O) groups excluding carboxylic acids is 1. The molecule has 0 N–H and O–H groups in total. The highest BCUT2D eigenvalue weighted by Gasteiger charge is 2.48. The van der Waals surface area contributed by atoms with Crippen molar-refractivity contribution >= 4 is 14.3 Å². The zero-order valence-electron chi connectivity index (χ0n) is 19.6. The maximum Gasteiger partial charge on any atom is 0.306 e. The van der Waals surface area contributed by atoms with Gasteiger partial charge in [0.25, 0.3) is 0 Å². The molecule has 4 rings (SSSR count). The van der Waals surface area contributed by atoms with Gasteiger partial charge in [0.15, 0.2) is 8.32 Å². The van der Waals surface area contributed by atoms with Crippen LogP contribution in [0.25, 0.3) is 0 Å². The van der Waals surface area contributed by atoms with E-state index >= 15 is 0 Å². The van der Waals surface area contributed by atoms with Crippen molar-refractivity contribution in [1.82, 2.24) is 4.90 Å². The molecular weight excluding hydrogens is 402 g/mol. The molecule has 168 valence electrons. The molecule has 0 aromatic heterocycles. The van der Waals surface area contributed by atoms with Crippen LogP contribution < -0.4 is 0 Å². The molecule has 3 fully saturated rings. The topological polar surface area (TPSA) is 38.8 Å². The van der Waals surface area contributed by atoms with Gasteiger partial charge < -0.3 is 9.16 Å². The van der Waals surface area contributed by atoms with Gasteiger partial charge in [0.05, 0.1) is 6.61 Å². The van der Waals surface area contributed by atoms with Crippen molar-refractivity contribution in [2.75, 3.05) is 26.2 Å². The van der Waals surface area contributed by atoms with Crippen LogP contribution in [0.1, 0.15) is 42.9 Å². The molecule has 1 aromatic carbocycles. The Labute approximate surface area is 189 Å². The molecule has 1 unspecified atom stereocenters. The summed E-state index contributed by atoms with van der Waals surface area (Å²) in [6.07, 6.45) is 6.09. The van der Waals surface area contributed by atoms with Gasteiger partial charge in [-0.3, -0.25) is 9.69 Å². The Morgan fingerprint density at radius 3 is 2.65 bits per heavy atom. The number of hydrogen-bond donors (Lipinski definition) is 0. The smallest absolute Gasteiger partial charge is 0.306 e. The Balaban J connectivity index is 1.86. The maximum absolute atomic E-state index is 11.7. The Bertz CT molecular complexity index is 856. The first-order chi connectivity index (χ1) is 14.7. The highest BCUT2D eigenvalue weighted by Crippen LogP contribution is 2.39. The third kappa shape index (κ3) is 6.32. The van der Waals surface area contributed by atoms with Crippen LogP contribution in [0.3, 0.4) is 0 Å². The molecule has 1 aromatic rings. The van der Waals surface area contributed by atoms with E-state index < -0.39 is 8.32 Å². The molecule has 0 saturated carbocycles. The third-order valence-corrected chi connectivity index (χ3v) is 7.04. The van der Waals surface area contributed by atoms with Crippen LogP contribution in [0.5, 0.6) is 0 Å². The zero-order valence-corrected chi connectivity index (χ0v) is 20.6. The molecule has 1 atom stereocenters. The fourth-order valence-electron chi connectivity index (χ4n) is 4.75. The number of fused-ring (bicyclic) bond motifs is 3. The lowest BCUT2D eigenvalue weighted by molar-refractivity contribution is -0.143. The molecule has 3 heterocycles. The van der Waals surface area contributed by atoms with Crippen LogP contribution in [0.2, 0.25) is 19.6 Å². The number of ether oxygens (including phenoxy) is 1. The second kappa shape index (κ2) is 10.2. The van der Waals surface area contributed by atoms with Gasteiger partial charge in [0, 0.05) is 24.4 Å². The summed E-state index contributed by atoms with van der Waals surface area (Å²) in [5.74, 6) is 7.52. The first-order valence-electron chi connectivity index (χ1n) is 11.6. The minimum atomic E-state index is -1.75. The van der Waals surface area contributed by atoms with E-state index in [1.54, 1.807) is 0 Å². The van der Waals surface area contributed by atoms with Crippen molar-refractivity contribution in [3.05, 3.63) is 47.5 Å². The van der Waals surface area contributed by atoms with Crippen molar-refractivity contribution in [3.63, 3.8) is 0 Å². The molecule has 31 heavy (non-hydrogen) atoms. The number of rotatable bonds is 8. The number of nitrogens with zero attached hydrogens (tertiary/aromatic N) is 1. The Hall–Kier alpha value is -1.87. The van der Waals surface area contributed by atoms with Gasteiger partial charge >= 0.3 is 5.97 Å². The summed E-state index contributed by atoms with van der Waals surface area (Å²) >= 11 is 0. The summed E-state index contributed by atoms with van der Waals surface area (Å²) in [5.41, 5.74) is 2.98. The number of benzene rings is 1. The van der Waals surface area contributed by atoms with E-state index in [-0.39, 0.29) is 11.6 Å². The SMILES string of the molecule is C=CCc1cc(CCC(=O)OCC)ccc1C#CC1(O[Si](C)(C)C)CN2CCC1CC2. The fraction of sp³-hybridized carbons (Fsp3) is 0.577. The third-order valence-electron chi connectivity index (χ3n) is 6.06. The lowest BCUT2D eigenvalue weighted by atomic mass is 9.75. The van der Waals surface area contributed by atoms with Gasteiger partial charge in [-0.05, 0) is 82.5 Å². The highest BCUT2D eigenvalue weighted by molar-refractivity contribution is 6.69. The van der Waals surface area contributed by atoms with Gasteiger partial charge in [0.1, 0.15) is 5.60 Å². The first kappa shape index (κ1) is 23.8. The Morgan fingerprint density at radius 2 is 2.06 bits per heavy atom. The second-order valence-electron chi connectivity index (χ2n) is 9.69. The quantitative estimate of drug-likeness (QED) is 0.257. The van der Waals surface area contributed by atoms with E-state index in [0.29, 0.717) is 25.4 Å².